The fourth-order valence-corrected chi connectivity index (χ4v) is 2.06. The maximum Gasteiger partial charge on any atom is 0.495 e. The molecule has 0 atom stereocenters. The Morgan fingerprint density at radius 1 is 1.20 bits per heavy atom. The topological polar surface area (TPSA) is 43.4 Å². The third kappa shape index (κ3) is 3.15. The molecular weight excluding hydrogens is 251 g/mol. The van der Waals surface area contributed by atoms with E-state index in [1.54, 1.807) is 6.20 Å². The van der Waals surface area contributed by atoms with Crippen molar-refractivity contribution in [3.63, 3.8) is 0 Å². The molecular formula is C15H25BN2O2. The van der Waals surface area contributed by atoms with Crippen LogP contribution in [0.25, 0.3) is 0 Å². The minimum absolute atomic E-state index is 0.309. The lowest BCUT2D eigenvalue weighted by Crippen LogP contribution is -2.41. The normalized spacial score (nSPS) is 20.1. The minimum Gasteiger partial charge on any atom is -0.399 e. The van der Waals surface area contributed by atoms with Crippen LogP contribution in [0, 0.1) is 0 Å². The summed E-state index contributed by atoms with van der Waals surface area (Å²) in [6.45, 7) is 11.4. The van der Waals surface area contributed by atoms with E-state index in [4.69, 9.17) is 9.31 Å². The first-order valence-electron chi connectivity index (χ1n) is 7.41. The summed E-state index contributed by atoms with van der Waals surface area (Å²) in [5, 5.41) is 3.33. The summed E-state index contributed by atoms with van der Waals surface area (Å²) in [7, 11) is -0.324. The van der Waals surface area contributed by atoms with Gasteiger partial charge in [-0.25, -0.2) is 4.98 Å². The van der Waals surface area contributed by atoms with Crippen molar-refractivity contribution in [2.24, 2.45) is 0 Å². The van der Waals surface area contributed by atoms with Gasteiger partial charge in [-0.1, -0.05) is 13.3 Å². The monoisotopic (exact) mass is 276 g/mol. The van der Waals surface area contributed by atoms with Crippen molar-refractivity contribution in [1.29, 1.82) is 0 Å². The second-order valence-corrected chi connectivity index (χ2v) is 6.34. The lowest BCUT2D eigenvalue weighted by molar-refractivity contribution is 0.00578. The third-order valence-electron chi connectivity index (χ3n) is 4.15. The molecule has 0 unspecified atom stereocenters. The minimum atomic E-state index is -0.324. The van der Waals surface area contributed by atoms with Gasteiger partial charge in [-0.3, -0.25) is 0 Å². The van der Waals surface area contributed by atoms with E-state index >= 15 is 0 Å². The molecule has 0 saturated carbocycles. The first-order valence-corrected chi connectivity index (χ1v) is 7.41. The standard InChI is InChI=1S/C15H25BN2O2/c1-6-7-9-17-13-11-12(8-10-18-13)16-19-14(2,3)15(4,5)20-16/h8,10-11H,6-7,9H2,1-5H3,(H,17,18). The van der Waals surface area contributed by atoms with Gasteiger partial charge in [-0.2, -0.15) is 0 Å². The molecule has 20 heavy (non-hydrogen) atoms. The number of anilines is 1. The van der Waals surface area contributed by atoms with E-state index in [1.165, 1.54) is 6.42 Å². The van der Waals surface area contributed by atoms with Crippen molar-refractivity contribution in [2.45, 2.75) is 58.7 Å². The van der Waals surface area contributed by atoms with Gasteiger partial charge in [0.2, 0.25) is 0 Å². The molecule has 110 valence electrons. The number of unbranched alkanes of at least 4 members (excludes halogenated alkanes) is 1. The average Bonchev–Trinajstić information content (AvgIpc) is 2.59. The molecule has 1 N–H and O–H groups in total. The molecule has 0 radical (unpaired) electrons. The molecule has 5 heteroatoms. The molecule has 1 saturated heterocycles. The van der Waals surface area contributed by atoms with E-state index < -0.39 is 0 Å². The Bertz CT molecular complexity index is 447. The highest BCUT2D eigenvalue weighted by atomic mass is 16.7. The molecule has 2 rings (SSSR count). The Kier molecular flexibility index (Phi) is 4.40. The van der Waals surface area contributed by atoms with Crippen molar-refractivity contribution in [3.8, 4) is 0 Å². The zero-order valence-electron chi connectivity index (χ0n) is 13.2. The van der Waals surface area contributed by atoms with Crippen LogP contribution >= 0.6 is 0 Å². The van der Waals surface area contributed by atoms with Gasteiger partial charge in [0.05, 0.1) is 11.2 Å². The molecule has 0 bridgehead atoms. The molecule has 1 aliphatic rings. The zero-order chi connectivity index (χ0) is 14.8. The van der Waals surface area contributed by atoms with Crippen LogP contribution < -0.4 is 10.8 Å². The van der Waals surface area contributed by atoms with E-state index in [0.29, 0.717) is 0 Å². The Balaban J connectivity index is 2.09. The van der Waals surface area contributed by atoms with Gasteiger partial charge in [0.1, 0.15) is 5.82 Å². The van der Waals surface area contributed by atoms with Gasteiger partial charge < -0.3 is 14.6 Å². The zero-order valence-corrected chi connectivity index (χ0v) is 13.2. The van der Waals surface area contributed by atoms with E-state index in [1.807, 2.05) is 12.1 Å². The van der Waals surface area contributed by atoms with Crippen LogP contribution in [0.5, 0.6) is 0 Å². The van der Waals surface area contributed by atoms with E-state index in [9.17, 15) is 0 Å². The lowest BCUT2D eigenvalue weighted by Gasteiger charge is -2.32. The lowest BCUT2D eigenvalue weighted by atomic mass is 9.80. The van der Waals surface area contributed by atoms with Crippen LogP contribution in [0.3, 0.4) is 0 Å². The Morgan fingerprint density at radius 2 is 1.85 bits per heavy atom. The summed E-state index contributed by atoms with van der Waals surface area (Å²) >= 11 is 0. The molecule has 4 nitrogen and oxygen atoms in total. The Labute approximate surface area is 122 Å². The van der Waals surface area contributed by atoms with Gasteiger partial charge in [-0.15, -0.1) is 0 Å². The van der Waals surface area contributed by atoms with E-state index in [0.717, 1.165) is 24.2 Å². The quantitative estimate of drug-likeness (QED) is 0.663. The number of nitrogens with one attached hydrogen (secondary N) is 1. The molecule has 0 aromatic carbocycles. The second kappa shape index (κ2) is 5.74. The Hall–Kier alpha value is -1.07. The first kappa shape index (κ1) is 15.3. The maximum atomic E-state index is 6.05. The summed E-state index contributed by atoms with van der Waals surface area (Å²) in [6, 6.07) is 3.96. The predicted molar refractivity (Wildman–Crippen MR) is 83.4 cm³/mol. The molecule has 1 aromatic rings. The number of nitrogens with zero attached hydrogens (tertiary/aromatic N) is 1. The second-order valence-electron chi connectivity index (χ2n) is 6.34. The highest BCUT2D eigenvalue weighted by Crippen LogP contribution is 2.36. The van der Waals surface area contributed by atoms with Crippen molar-refractivity contribution >= 4 is 18.4 Å². The van der Waals surface area contributed by atoms with Gasteiger partial charge >= 0.3 is 7.12 Å². The molecule has 0 amide bonds. The van der Waals surface area contributed by atoms with Crippen molar-refractivity contribution < 1.29 is 9.31 Å². The van der Waals surface area contributed by atoms with Gasteiger partial charge in [0.25, 0.3) is 0 Å². The van der Waals surface area contributed by atoms with Crippen LogP contribution in [0.1, 0.15) is 47.5 Å². The maximum absolute atomic E-state index is 6.05. The van der Waals surface area contributed by atoms with E-state index in [-0.39, 0.29) is 18.3 Å². The number of aromatic nitrogens is 1. The van der Waals surface area contributed by atoms with Crippen LogP contribution in [-0.4, -0.2) is 29.8 Å². The third-order valence-corrected chi connectivity index (χ3v) is 4.15. The number of pyridine rings is 1. The van der Waals surface area contributed by atoms with Crippen LogP contribution in [0.4, 0.5) is 5.82 Å². The molecule has 0 spiro atoms. The number of rotatable bonds is 5. The van der Waals surface area contributed by atoms with Gasteiger partial charge in [-0.05, 0) is 51.7 Å². The van der Waals surface area contributed by atoms with Crippen LogP contribution in [-0.2, 0) is 9.31 Å². The molecule has 2 heterocycles. The largest absolute Gasteiger partial charge is 0.495 e. The van der Waals surface area contributed by atoms with Crippen molar-refractivity contribution in [3.05, 3.63) is 18.3 Å². The summed E-state index contributed by atoms with van der Waals surface area (Å²) in [4.78, 5) is 4.33. The molecule has 1 fully saturated rings. The highest BCUT2D eigenvalue weighted by molar-refractivity contribution is 6.62. The summed E-state index contributed by atoms with van der Waals surface area (Å²) in [5.41, 5.74) is 0.394. The van der Waals surface area contributed by atoms with E-state index in [2.05, 4.69) is 44.9 Å². The number of hydrogen-bond donors (Lipinski definition) is 1. The smallest absolute Gasteiger partial charge is 0.399 e. The highest BCUT2D eigenvalue weighted by Gasteiger charge is 2.51. The fraction of sp³-hybridized carbons (Fsp3) is 0.667. The molecule has 1 aliphatic heterocycles. The molecule has 1 aromatic heterocycles. The summed E-state index contributed by atoms with van der Waals surface area (Å²) < 4.78 is 12.1. The SMILES string of the molecule is CCCCNc1cc(B2OC(C)(C)C(C)(C)O2)ccn1. The van der Waals surface area contributed by atoms with Crippen molar-refractivity contribution in [2.75, 3.05) is 11.9 Å². The molecule has 0 aliphatic carbocycles. The summed E-state index contributed by atoms with van der Waals surface area (Å²) in [5.74, 6) is 0.880. The fourth-order valence-electron chi connectivity index (χ4n) is 2.06. The van der Waals surface area contributed by atoms with Gasteiger partial charge in [0, 0.05) is 12.7 Å². The van der Waals surface area contributed by atoms with Crippen LogP contribution in [0.15, 0.2) is 18.3 Å². The summed E-state index contributed by atoms with van der Waals surface area (Å²) in [6.07, 6.45) is 4.11. The van der Waals surface area contributed by atoms with Crippen molar-refractivity contribution in [1.82, 2.24) is 4.98 Å². The first-order chi connectivity index (χ1) is 9.36. The number of hydrogen-bond acceptors (Lipinski definition) is 4. The average molecular weight is 276 g/mol. The predicted octanol–water partition coefficient (Wildman–Crippen LogP) is 2.59. The van der Waals surface area contributed by atoms with Crippen LogP contribution in [0.2, 0.25) is 0 Å². The van der Waals surface area contributed by atoms with Gasteiger partial charge in [0.15, 0.2) is 0 Å². The Morgan fingerprint density at radius 3 is 2.45 bits per heavy atom.